The highest BCUT2D eigenvalue weighted by molar-refractivity contribution is 5.77. The van der Waals surface area contributed by atoms with Crippen LogP contribution in [0, 0.1) is 5.41 Å². The van der Waals surface area contributed by atoms with Crippen LogP contribution in [0.4, 0.5) is 0 Å². The van der Waals surface area contributed by atoms with E-state index in [9.17, 15) is 0 Å². The number of nitrogens with zero attached hydrogens (tertiary/aromatic N) is 3. The van der Waals surface area contributed by atoms with Crippen LogP contribution in [0.5, 0.6) is 0 Å². The minimum Gasteiger partial charge on any atom is -0.328 e. The van der Waals surface area contributed by atoms with Crippen LogP contribution in [0.25, 0.3) is 11.0 Å². The molecule has 0 atom stereocenters. The predicted molar refractivity (Wildman–Crippen MR) is 69.8 cm³/mol. The topological polar surface area (TPSA) is 21.1 Å². The van der Waals surface area contributed by atoms with Crippen molar-refractivity contribution in [3.63, 3.8) is 0 Å². The normalized spacial score (nSPS) is 20.2. The molecule has 0 amide bonds. The molecule has 0 unspecified atom stereocenters. The third-order valence-electron chi connectivity index (χ3n) is 3.46. The molecular weight excluding hydrogens is 210 g/mol. The van der Waals surface area contributed by atoms with Crippen molar-refractivity contribution in [2.24, 2.45) is 5.41 Å². The Bertz CT molecular complexity index is 554. The summed E-state index contributed by atoms with van der Waals surface area (Å²) in [5.74, 6) is 0. The highest BCUT2D eigenvalue weighted by Gasteiger charge is 2.27. The van der Waals surface area contributed by atoms with Crippen LogP contribution in [-0.4, -0.2) is 28.0 Å². The van der Waals surface area contributed by atoms with Gasteiger partial charge in [-0.05, 0) is 30.7 Å². The molecule has 0 saturated heterocycles. The van der Waals surface area contributed by atoms with Crippen molar-refractivity contribution in [3.8, 4) is 0 Å². The summed E-state index contributed by atoms with van der Waals surface area (Å²) in [6.45, 7) is 7.84. The van der Waals surface area contributed by atoms with Crippen molar-refractivity contribution in [1.82, 2.24) is 14.5 Å². The molecule has 3 heteroatoms. The molecule has 0 aromatic carbocycles. The summed E-state index contributed by atoms with van der Waals surface area (Å²) in [5.41, 5.74) is 2.81. The molecule has 0 saturated carbocycles. The summed E-state index contributed by atoms with van der Waals surface area (Å²) in [6, 6.07) is 6.44. The van der Waals surface area contributed by atoms with Gasteiger partial charge in [0.1, 0.15) is 5.65 Å². The van der Waals surface area contributed by atoms with Crippen molar-refractivity contribution in [3.05, 3.63) is 30.1 Å². The summed E-state index contributed by atoms with van der Waals surface area (Å²) in [4.78, 5) is 6.93. The molecule has 17 heavy (non-hydrogen) atoms. The van der Waals surface area contributed by atoms with E-state index < -0.39 is 0 Å². The Balaban J connectivity index is 2.19. The fourth-order valence-corrected chi connectivity index (χ4v) is 2.99. The molecule has 0 bridgehead atoms. The molecule has 2 aromatic rings. The molecular formula is C14H19N3. The minimum atomic E-state index is 0.295. The summed E-state index contributed by atoms with van der Waals surface area (Å²) >= 11 is 0. The standard InChI is InChI=1S/C14H19N3/c1-14(2)9-16(3)8-12-7-11-5-4-6-15-13(11)17(12)10-14/h4-7H,8-10H2,1-3H3. The highest BCUT2D eigenvalue weighted by Crippen LogP contribution is 2.29. The maximum absolute atomic E-state index is 4.53. The minimum absolute atomic E-state index is 0.295. The van der Waals surface area contributed by atoms with Crippen molar-refractivity contribution < 1.29 is 0 Å². The van der Waals surface area contributed by atoms with Crippen LogP contribution < -0.4 is 0 Å². The smallest absolute Gasteiger partial charge is 0.140 e. The molecule has 90 valence electrons. The quantitative estimate of drug-likeness (QED) is 0.692. The zero-order valence-electron chi connectivity index (χ0n) is 10.8. The number of hydrogen-bond acceptors (Lipinski definition) is 2. The van der Waals surface area contributed by atoms with Gasteiger partial charge in [0, 0.05) is 36.9 Å². The van der Waals surface area contributed by atoms with E-state index in [1.807, 2.05) is 12.3 Å². The van der Waals surface area contributed by atoms with Gasteiger partial charge in [-0.3, -0.25) is 0 Å². The Labute approximate surface area is 102 Å². The Morgan fingerprint density at radius 1 is 1.29 bits per heavy atom. The molecule has 3 heterocycles. The third-order valence-corrected chi connectivity index (χ3v) is 3.46. The fourth-order valence-electron chi connectivity index (χ4n) is 2.99. The first-order valence-corrected chi connectivity index (χ1v) is 6.17. The number of hydrogen-bond donors (Lipinski definition) is 0. The summed E-state index contributed by atoms with van der Waals surface area (Å²) in [5, 5.41) is 1.26. The largest absolute Gasteiger partial charge is 0.328 e. The van der Waals surface area contributed by atoms with E-state index in [2.05, 4.69) is 47.5 Å². The van der Waals surface area contributed by atoms with E-state index in [0.29, 0.717) is 5.41 Å². The van der Waals surface area contributed by atoms with Gasteiger partial charge in [0.15, 0.2) is 0 Å². The molecule has 3 nitrogen and oxygen atoms in total. The van der Waals surface area contributed by atoms with Crippen LogP contribution in [0.3, 0.4) is 0 Å². The lowest BCUT2D eigenvalue weighted by Gasteiger charge is -2.26. The first kappa shape index (κ1) is 10.8. The van der Waals surface area contributed by atoms with E-state index >= 15 is 0 Å². The molecule has 1 aliphatic heterocycles. The molecule has 0 fully saturated rings. The van der Waals surface area contributed by atoms with Gasteiger partial charge < -0.3 is 9.47 Å². The van der Waals surface area contributed by atoms with Crippen LogP contribution in [0.15, 0.2) is 24.4 Å². The second-order valence-electron chi connectivity index (χ2n) is 5.97. The molecule has 0 N–H and O–H groups in total. The van der Waals surface area contributed by atoms with Gasteiger partial charge in [0.05, 0.1) is 0 Å². The highest BCUT2D eigenvalue weighted by atomic mass is 15.2. The van der Waals surface area contributed by atoms with Gasteiger partial charge in [-0.1, -0.05) is 13.8 Å². The lowest BCUT2D eigenvalue weighted by atomic mass is 9.93. The molecule has 0 radical (unpaired) electrons. The molecule has 0 spiro atoms. The molecule has 1 aliphatic rings. The van der Waals surface area contributed by atoms with Gasteiger partial charge in [0.25, 0.3) is 0 Å². The van der Waals surface area contributed by atoms with E-state index in [0.717, 1.165) is 25.3 Å². The molecule has 2 aromatic heterocycles. The molecule has 0 aliphatic carbocycles. The van der Waals surface area contributed by atoms with E-state index in [1.165, 1.54) is 11.1 Å². The van der Waals surface area contributed by atoms with E-state index in [-0.39, 0.29) is 0 Å². The zero-order chi connectivity index (χ0) is 12.0. The Hall–Kier alpha value is -1.35. The van der Waals surface area contributed by atoms with Gasteiger partial charge in [-0.15, -0.1) is 0 Å². The van der Waals surface area contributed by atoms with Crippen LogP contribution in [0.1, 0.15) is 19.5 Å². The first-order valence-electron chi connectivity index (χ1n) is 6.17. The average molecular weight is 229 g/mol. The summed E-state index contributed by atoms with van der Waals surface area (Å²) < 4.78 is 2.39. The summed E-state index contributed by atoms with van der Waals surface area (Å²) in [7, 11) is 2.20. The van der Waals surface area contributed by atoms with Crippen LogP contribution in [0.2, 0.25) is 0 Å². The Kier molecular flexibility index (Phi) is 2.26. The number of aromatic nitrogens is 2. The Morgan fingerprint density at radius 2 is 2.12 bits per heavy atom. The van der Waals surface area contributed by atoms with Gasteiger partial charge in [-0.25, -0.2) is 4.98 Å². The fraction of sp³-hybridized carbons (Fsp3) is 0.500. The van der Waals surface area contributed by atoms with Gasteiger partial charge in [0.2, 0.25) is 0 Å². The zero-order valence-corrected chi connectivity index (χ0v) is 10.8. The second kappa shape index (κ2) is 3.57. The lowest BCUT2D eigenvalue weighted by molar-refractivity contribution is 0.206. The first-order chi connectivity index (χ1) is 8.05. The average Bonchev–Trinajstić information content (AvgIpc) is 2.49. The van der Waals surface area contributed by atoms with Crippen molar-refractivity contribution >= 4 is 11.0 Å². The second-order valence-corrected chi connectivity index (χ2v) is 5.97. The monoisotopic (exact) mass is 229 g/mol. The lowest BCUT2D eigenvalue weighted by Crippen LogP contribution is -2.30. The van der Waals surface area contributed by atoms with Gasteiger partial charge in [-0.2, -0.15) is 0 Å². The predicted octanol–water partition coefficient (Wildman–Crippen LogP) is 2.51. The maximum atomic E-state index is 4.53. The van der Waals surface area contributed by atoms with Crippen molar-refractivity contribution in [2.75, 3.05) is 13.6 Å². The number of fused-ring (bicyclic) bond motifs is 3. The van der Waals surface area contributed by atoms with Crippen molar-refractivity contribution in [1.29, 1.82) is 0 Å². The number of pyridine rings is 1. The summed E-state index contributed by atoms with van der Waals surface area (Å²) in [6.07, 6.45) is 1.89. The van der Waals surface area contributed by atoms with Crippen LogP contribution >= 0.6 is 0 Å². The van der Waals surface area contributed by atoms with E-state index in [4.69, 9.17) is 0 Å². The Morgan fingerprint density at radius 3 is 2.94 bits per heavy atom. The maximum Gasteiger partial charge on any atom is 0.140 e. The van der Waals surface area contributed by atoms with Gasteiger partial charge >= 0.3 is 0 Å². The van der Waals surface area contributed by atoms with Crippen LogP contribution in [-0.2, 0) is 13.1 Å². The number of rotatable bonds is 0. The molecule has 3 rings (SSSR count). The SMILES string of the molecule is CN1Cc2cc3cccnc3n2CC(C)(C)C1. The third kappa shape index (κ3) is 1.84. The van der Waals surface area contributed by atoms with E-state index in [1.54, 1.807) is 0 Å². The van der Waals surface area contributed by atoms with Crippen molar-refractivity contribution in [2.45, 2.75) is 26.9 Å².